The fraction of sp³-hybridized carbons (Fsp3) is 0.688. The largest absolute Gasteiger partial charge is 0.480 e. The number of nitrogens with one attached hydrogen (secondary N) is 7. The van der Waals surface area contributed by atoms with Gasteiger partial charge < -0.3 is 69.7 Å². The normalized spacial score (nSPS) is 15.4. The molecule has 23 heteroatoms. The molecule has 8 atom stereocenters. The van der Waals surface area contributed by atoms with Crippen LogP contribution < -0.4 is 54.4 Å². The fourth-order valence-corrected chi connectivity index (χ4v) is 4.56. The number of hydrogen-bond donors (Lipinski definition) is 13. The van der Waals surface area contributed by atoms with Gasteiger partial charge in [-0.15, -0.1) is 0 Å². The summed E-state index contributed by atoms with van der Waals surface area (Å²) in [5, 5.41) is 44.8. The average molecular weight is 789 g/mol. The summed E-state index contributed by atoms with van der Waals surface area (Å²) in [5.41, 5.74) is 16.2. The lowest BCUT2D eigenvalue weighted by Crippen LogP contribution is -2.61. The second-order valence-corrected chi connectivity index (χ2v) is 13.6. The Morgan fingerprint density at radius 2 is 1.15 bits per heavy atom. The maximum atomic E-state index is 13.2. The van der Waals surface area contributed by atoms with Crippen molar-refractivity contribution in [3.8, 4) is 0 Å². The first-order valence-electron chi connectivity index (χ1n) is 17.3. The zero-order valence-corrected chi connectivity index (χ0v) is 31.7. The highest BCUT2D eigenvalue weighted by molar-refractivity contribution is 5.98. The summed E-state index contributed by atoms with van der Waals surface area (Å²) in [7, 11) is 0. The molecule has 0 aromatic rings. The highest BCUT2D eigenvalue weighted by Gasteiger charge is 2.34. The molecule has 16 N–H and O–H groups in total. The monoisotopic (exact) mass is 788 g/mol. The number of nitrogens with two attached hydrogens (primary N) is 3. The van der Waals surface area contributed by atoms with Gasteiger partial charge in [-0.1, -0.05) is 27.7 Å². The first kappa shape index (κ1) is 49.6. The SMILES string of the molecule is CC(C)C[C@H](NC(=O)[C@H](CO)NC(=O)[C@H](C)NC(=O)CNC(=O)[C@H](CCC(N)=O)NC(=O)[C@@H](NC(=O)[C@H](CC(N)=O)NC(=O)[C@@H](N)C(C)C)[C@@H](C)O)C(=O)O. The predicted octanol–water partition coefficient (Wildman–Crippen LogP) is -6.34. The van der Waals surface area contributed by atoms with Gasteiger partial charge in [-0.05, 0) is 38.5 Å². The summed E-state index contributed by atoms with van der Waals surface area (Å²) < 4.78 is 0. The Labute approximate surface area is 317 Å². The van der Waals surface area contributed by atoms with Crippen molar-refractivity contribution in [3.63, 3.8) is 0 Å². The first-order chi connectivity index (χ1) is 25.4. The lowest BCUT2D eigenvalue weighted by molar-refractivity contribution is -0.143. The van der Waals surface area contributed by atoms with Crippen LogP contribution in [0.15, 0.2) is 0 Å². The Bertz CT molecular complexity index is 1410. The minimum Gasteiger partial charge on any atom is -0.480 e. The summed E-state index contributed by atoms with van der Waals surface area (Å²) in [5.74, 6) is -10.6. The van der Waals surface area contributed by atoms with Crippen LogP contribution in [0.25, 0.3) is 0 Å². The van der Waals surface area contributed by atoms with Crippen LogP contribution >= 0.6 is 0 Å². The molecule has 0 rings (SSSR count). The maximum absolute atomic E-state index is 13.2. The average Bonchev–Trinajstić information content (AvgIpc) is 3.07. The molecule has 55 heavy (non-hydrogen) atoms. The summed E-state index contributed by atoms with van der Waals surface area (Å²) in [6.45, 7) is 7.35. The number of rotatable bonds is 25. The maximum Gasteiger partial charge on any atom is 0.326 e. The van der Waals surface area contributed by atoms with Crippen molar-refractivity contribution in [2.24, 2.45) is 29.0 Å². The molecule has 0 unspecified atom stereocenters. The minimum absolute atomic E-state index is 0.0739. The van der Waals surface area contributed by atoms with E-state index in [1.807, 2.05) is 0 Å². The fourth-order valence-electron chi connectivity index (χ4n) is 4.56. The Morgan fingerprint density at radius 1 is 0.618 bits per heavy atom. The molecule has 0 bridgehead atoms. The van der Waals surface area contributed by atoms with Crippen molar-refractivity contribution >= 4 is 59.1 Å². The van der Waals surface area contributed by atoms with Crippen molar-refractivity contribution in [1.82, 2.24) is 37.2 Å². The minimum atomic E-state index is -1.79. The lowest BCUT2D eigenvalue weighted by atomic mass is 10.0. The van der Waals surface area contributed by atoms with Crippen LogP contribution in [0.4, 0.5) is 0 Å². The quantitative estimate of drug-likeness (QED) is 0.0409. The first-order valence-corrected chi connectivity index (χ1v) is 17.3. The summed E-state index contributed by atoms with van der Waals surface area (Å²) in [6.07, 6.45) is -3.11. The Morgan fingerprint density at radius 3 is 1.62 bits per heavy atom. The number of primary amides is 2. The van der Waals surface area contributed by atoms with Gasteiger partial charge in [-0.25, -0.2) is 4.79 Å². The molecule has 0 spiro atoms. The number of carboxylic acids is 1. The van der Waals surface area contributed by atoms with Crippen LogP contribution in [-0.4, -0.2) is 136 Å². The van der Waals surface area contributed by atoms with Crippen molar-refractivity contribution in [2.75, 3.05) is 13.2 Å². The van der Waals surface area contributed by atoms with E-state index >= 15 is 0 Å². The van der Waals surface area contributed by atoms with E-state index in [-0.39, 0.29) is 18.3 Å². The molecular formula is C32H56N10O13. The number of carbonyl (C=O) groups excluding carboxylic acids is 9. The Kier molecular flexibility index (Phi) is 21.7. The number of aliphatic carboxylic acids is 1. The molecule has 0 radical (unpaired) electrons. The topological polar surface area (TPSA) is 394 Å². The lowest BCUT2D eigenvalue weighted by Gasteiger charge is -2.27. The molecular weight excluding hydrogens is 732 g/mol. The van der Waals surface area contributed by atoms with Gasteiger partial charge in [0.25, 0.3) is 0 Å². The molecule has 0 aliphatic heterocycles. The van der Waals surface area contributed by atoms with Crippen molar-refractivity contribution in [1.29, 1.82) is 0 Å². The Hall–Kier alpha value is -5.42. The van der Waals surface area contributed by atoms with Crippen LogP contribution in [-0.2, 0) is 47.9 Å². The summed E-state index contributed by atoms with van der Waals surface area (Å²) in [4.78, 5) is 124. The number of carboxylic acid groups (broad SMARTS) is 1. The zero-order valence-electron chi connectivity index (χ0n) is 31.7. The highest BCUT2D eigenvalue weighted by atomic mass is 16.4. The number of amides is 9. The standard InChI is InChI=1S/C32H56N10O13/c1-13(2)9-19(32(54)55)40-29(51)20(12-43)41-26(48)15(5)37-23(47)11-36-27(49)17(7-8-21(33)45)38-31(53)25(16(6)44)42-28(50)18(10-22(34)46)39-30(52)24(35)14(3)4/h13-20,24-25,43-44H,7-12,35H2,1-6H3,(H2,33,45)(H2,34,46)(H,36,49)(H,37,47)(H,38,53)(H,39,52)(H,40,51)(H,41,48)(H,42,50)(H,54,55)/t15-,16+,17-,18-,19-,20-,24-,25-/m0/s1. The smallest absolute Gasteiger partial charge is 0.326 e. The van der Waals surface area contributed by atoms with E-state index in [4.69, 9.17) is 17.2 Å². The summed E-state index contributed by atoms with van der Waals surface area (Å²) in [6, 6.07) is -10.2. The van der Waals surface area contributed by atoms with Crippen LogP contribution in [0.5, 0.6) is 0 Å². The predicted molar refractivity (Wildman–Crippen MR) is 191 cm³/mol. The van der Waals surface area contributed by atoms with Gasteiger partial charge in [0.05, 0.1) is 31.7 Å². The van der Waals surface area contributed by atoms with E-state index in [2.05, 4.69) is 37.2 Å². The van der Waals surface area contributed by atoms with Gasteiger partial charge in [-0.3, -0.25) is 43.2 Å². The molecule has 0 heterocycles. The zero-order chi connectivity index (χ0) is 42.7. The van der Waals surface area contributed by atoms with Gasteiger partial charge in [0, 0.05) is 6.42 Å². The van der Waals surface area contributed by atoms with Gasteiger partial charge in [-0.2, -0.15) is 0 Å². The van der Waals surface area contributed by atoms with Gasteiger partial charge in [0.15, 0.2) is 0 Å². The third-order valence-corrected chi connectivity index (χ3v) is 7.77. The van der Waals surface area contributed by atoms with Crippen LogP contribution in [0.3, 0.4) is 0 Å². The van der Waals surface area contributed by atoms with Crippen molar-refractivity contribution in [3.05, 3.63) is 0 Å². The summed E-state index contributed by atoms with van der Waals surface area (Å²) >= 11 is 0. The molecule has 23 nitrogen and oxygen atoms in total. The Balaban J connectivity index is 5.64. The molecule has 9 amide bonds. The van der Waals surface area contributed by atoms with Crippen molar-refractivity contribution < 1.29 is 63.3 Å². The van der Waals surface area contributed by atoms with E-state index in [1.54, 1.807) is 27.7 Å². The third kappa shape index (κ3) is 19.0. The van der Waals surface area contributed by atoms with Crippen LogP contribution in [0, 0.1) is 11.8 Å². The highest BCUT2D eigenvalue weighted by Crippen LogP contribution is 2.06. The number of aliphatic hydroxyl groups excluding tert-OH is 2. The van der Waals surface area contributed by atoms with Crippen molar-refractivity contribution in [2.45, 2.75) is 116 Å². The number of carbonyl (C=O) groups is 10. The molecule has 0 aliphatic rings. The molecule has 0 aliphatic carbocycles. The third-order valence-electron chi connectivity index (χ3n) is 7.77. The van der Waals surface area contributed by atoms with E-state index in [0.717, 1.165) is 6.92 Å². The molecule has 0 aromatic carbocycles. The number of hydrogen-bond acceptors (Lipinski definition) is 13. The van der Waals surface area contributed by atoms with Gasteiger partial charge in [0.2, 0.25) is 53.2 Å². The molecule has 0 fully saturated rings. The van der Waals surface area contributed by atoms with Gasteiger partial charge >= 0.3 is 5.97 Å². The second kappa shape index (κ2) is 24.1. The number of aliphatic hydroxyl groups is 2. The van der Waals surface area contributed by atoms with E-state index < -0.39 is 140 Å². The molecule has 0 saturated heterocycles. The van der Waals surface area contributed by atoms with E-state index in [9.17, 15) is 63.3 Å². The van der Waals surface area contributed by atoms with Gasteiger partial charge in [0.1, 0.15) is 36.3 Å². The van der Waals surface area contributed by atoms with E-state index in [0.29, 0.717) is 0 Å². The van der Waals surface area contributed by atoms with E-state index in [1.165, 1.54) is 6.92 Å². The second-order valence-electron chi connectivity index (χ2n) is 13.6. The van der Waals surface area contributed by atoms with Crippen LogP contribution in [0.2, 0.25) is 0 Å². The van der Waals surface area contributed by atoms with Crippen LogP contribution in [0.1, 0.15) is 67.2 Å². The molecule has 0 aromatic heterocycles. The molecule has 0 saturated carbocycles. The molecule has 312 valence electrons.